The molecule has 0 saturated carbocycles. The van der Waals surface area contributed by atoms with Gasteiger partial charge in [-0.25, -0.2) is 9.97 Å². The Morgan fingerprint density at radius 2 is 1.66 bits per heavy atom. The maximum Gasteiger partial charge on any atom is 0.203 e. The zero-order chi connectivity index (χ0) is 24.4. The fraction of sp³-hybridized carbons (Fsp3) is 0.407. The van der Waals surface area contributed by atoms with Crippen molar-refractivity contribution in [3.8, 4) is 17.2 Å². The molecule has 1 aliphatic rings. The zero-order valence-electron chi connectivity index (χ0n) is 20.9. The molecule has 0 amide bonds. The van der Waals surface area contributed by atoms with E-state index in [2.05, 4.69) is 45.5 Å². The van der Waals surface area contributed by atoms with Crippen LogP contribution >= 0.6 is 0 Å². The highest BCUT2D eigenvalue weighted by Gasteiger charge is 2.25. The molecule has 35 heavy (non-hydrogen) atoms. The number of ether oxygens (including phenoxy) is 3. The van der Waals surface area contributed by atoms with Gasteiger partial charge in [-0.3, -0.25) is 4.90 Å². The lowest BCUT2D eigenvalue weighted by atomic mass is 9.95. The van der Waals surface area contributed by atoms with Gasteiger partial charge in [0.15, 0.2) is 11.5 Å². The minimum Gasteiger partial charge on any atom is -0.493 e. The number of likely N-dealkylation sites (tertiary alicyclic amines) is 1. The number of fused-ring (bicyclic) bond motifs is 1. The van der Waals surface area contributed by atoms with Crippen molar-refractivity contribution in [3.63, 3.8) is 0 Å². The molecule has 3 heterocycles. The van der Waals surface area contributed by atoms with E-state index in [1.54, 1.807) is 21.3 Å². The smallest absolute Gasteiger partial charge is 0.203 e. The Morgan fingerprint density at radius 1 is 0.943 bits per heavy atom. The summed E-state index contributed by atoms with van der Waals surface area (Å²) in [5, 5.41) is 0. The number of para-hydroxylation sites is 2. The minimum absolute atomic E-state index is 0.434. The largest absolute Gasteiger partial charge is 0.493 e. The van der Waals surface area contributed by atoms with Crippen LogP contribution in [0.1, 0.15) is 36.0 Å². The fourth-order valence-corrected chi connectivity index (χ4v) is 5.12. The molecule has 2 aromatic heterocycles. The number of aromatic nitrogens is 4. The number of benzene rings is 2. The van der Waals surface area contributed by atoms with Crippen molar-refractivity contribution in [1.29, 1.82) is 0 Å². The number of hydrogen-bond donors (Lipinski definition) is 0. The first-order chi connectivity index (χ1) is 17.1. The average molecular weight is 476 g/mol. The molecule has 0 bridgehead atoms. The van der Waals surface area contributed by atoms with Crippen LogP contribution in [0.15, 0.2) is 48.8 Å². The standard InChI is InChI=1S/C27H33N5O3/c1-30-22-8-6-5-7-21(22)29-25(30)18-31-12-9-20(10-13-31)27-28-11-14-32(27)17-19-15-23(33-2)26(35-4)24(16-19)34-3/h5-8,11,14-16,20H,9-10,12-13,17-18H2,1-4H3. The highest BCUT2D eigenvalue weighted by molar-refractivity contribution is 5.75. The molecule has 0 atom stereocenters. The van der Waals surface area contributed by atoms with Crippen molar-refractivity contribution < 1.29 is 14.2 Å². The van der Waals surface area contributed by atoms with Gasteiger partial charge in [-0.1, -0.05) is 12.1 Å². The Bertz CT molecular complexity index is 1280. The second-order valence-electron chi connectivity index (χ2n) is 9.07. The van der Waals surface area contributed by atoms with Gasteiger partial charge in [0.1, 0.15) is 11.6 Å². The number of methoxy groups -OCH3 is 3. The van der Waals surface area contributed by atoms with Gasteiger partial charge in [0.2, 0.25) is 5.75 Å². The van der Waals surface area contributed by atoms with Gasteiger partial charge in [-0.15, -0.1) is 0 Å². The highest BCUT2D eigenvalue weighted by atomic mass is 16.5. The first-order valence-corrected chi connectivity index (χ1v) is 12.0. The molecule has 0 N–H and O–H groups in total. The number of hydrogen-bond acceptors (Lipinski definition) is 6. The van der Waals surface area contributed by atoms with E-state index in [0.29, 0.717) is 29.7 Å². The Kier molecular flexibility index (Phi) is 6.63. The van der Waals surface area contributed by atoms with E-state index in [0.717, 1.165) is 55.2 Å². The van der Waals surface area contributed by atoms with Crippen LogP contribution in [0.5, 0.6) is 17.2 Å². The van der Waals surface area contributed by atoms with Crippen LogP contribution in [0.2, 0.25) is 0 Å². The van der Waals surface area contributed by atoms with Crippen LogP contribution in [0.25, 0.3) is 11.0 Å². The Morgan fingerprint density at radius 3 is 2.31 bits per heavy atom. The molecule has 2 aromatic carbocycles. The topological polar surface area (TPSA) is 66.6 Å². The van der Waals surface area contributed by atoms with E-state index in [1.807, 2.05) is 24.4 Å². The van der Waals surface area contributed by atoms with Crippen molar-refractivity contribution in [2.24, 2.45) is 7.05 Å². The molecule has 0 unspecified atom stereocenters. The monoisotopic (exact) mass is 475 g/mol. The second-order valence-corrected chi connectivity index (χ2v) is 9.07. The number of aryl methyl sites for hydroxylation is 1. The van der Waals surface area contributed by atoms with Crippen molar-refractivity contribution in [3.05, 3.63) is 66.0 Å². The quantitative estimate of drug-likeness (QED) is 0.380. The van der Waals surface area contributed by atoms with Gasteiger partial charge in [-0.2, -0.15) is 0 Å². The molecule has 5 rings (SSSR count). The van der Waals surface area contributed by atoms with Crippen LogP contribution < -0.4 is 14.2 Å². The predicted molar refractivity (Wildman–Crippen MR) is 135 cm³/mol. The first-order valence-electron chi connectivity index (χ1n) is 12.0. The number of nitrogens with zero attached hydrogens (tertiary/aromatic N) is 5. The van der Waals surface area contributed by atoms with Gasteiger partial charge in [0.25, 0.3) is 0 Å². The van der Waals surface area contributed by atoms with Gasteiger partial charge in [-0.05, 0) is 55.8 Å². The molecule has 0 spiro atoms. The summed E-state index contributed by atoms with van der Waals surface area (Å²) in [4.78, 5) is 12.1. The molecule has 8 nitrogen and oxygen atoms in total. The summed E-state index contributed by atoms with van der Waals surface area (Å²) in [5.74, 6) is 4.63. The minimum atomic E-state index is 0.434. The molecule has 0 aliphatic carbocycles. The predicted octanol–water partition coefficient (Wildman–Crippen LogP) is 4.22. The third kappa shape index (κ3) is 4.58. The van der Waals surface area contributed by atoms with E-state index in [9.17, 15) is 0 Å². The number of imidazole rings is 2. The summed E-state index contributed by atoms with van der Waals surface area (Å²) in [5.41, 5.74) is 3.33. The van der Waals surface area contributed by atoms with Gasteiger partial charge < -0.3 is 23.3 Å². The highest BCUT2D eigenvalue weighted by Crippen LogP contribution is 2.38. The maximum absolute atomic E-state index is 5.53. The molecular formula is C27H33N5O3. The van der Waals surface area contributed by atoms with E-state index in [4.69, 9.17) is 24.2 Å². The average Bonchev–Trinajstić information content (AvgIpc) is 3.48. The van der Waals surface area contributed by atoms with Crippen molar-refractivity contribution in [2.75, 3.05) is 34.4 Å². The first kappa shape index (κ1) is 23.2. The molecule has 0 radical (unpaired) electrons. The van der Waals surface area contributed by atoms with Crippen LogP contribution in [0.3, 0.4) is 0 Å². The molecule has 184 valence electrons. The van der Waals surface area contributed by atoms with Gasteiger partial charge in [0.05, 0.1) is 38.9 Å². The molecule has 4 aromatic rings. The van der Waals surface area contributed by atoms with Crippen LogP contribution in [0, 0.1) is 0 Å². The maximum atomic E-state index is 5.53. The summed E-state index contributed by atoms with van der Waals surface area (Å²) in [7, 11) is 7.02. The normalized spacial score (nSPS) is 15.0. The lowest BCUT2D eigenvalue weighted by molar-refractivity contribution is 0.195. The second kappa shape index (κ2) is 10.00. The van der Waals surface area contributed by atoms with Crippen LogP contribution in [0.4, 0.5) is 0 Å². The van der Waals surface area contributed by atoms with E-state index in [-0.39, 0.29) is 0 Å². The molecule has 1 saturated heterocycles. The molecular weight excluding hydrogens is 442 g/mol. The molecule has 8 heteroatoms. The lowest BCUT2D eigenvalue weighted by Gasteiger charge is -2.31. The summed E-state index contributed by atoms with van der Waals surface area (Å²) in [6.45, 7) is 3.64. The summed E-state index contributed by atoms with van der Waals surface area (Å²) in [6.07, 6.45) is 6.12. The SMILES string of the molecule is COc1cc(Cn2ccnc2C2CCN(Cc3nc4ccccc4n3C)CC2)cc(OC)c1OC. The third-order valence-electron chi connectivity index (χ3n) is 7.02. The van der Waals surface area contributed by atoms with Crippen molar-refractivity contribution >= 4 is 11.0 Å². The van der Waals surface area contributed by atoms with E-state index < -0.39 is 0 Å². The summed E-state index contributed by atoms with van der Waals surface area (Å²) >= 11 is 0. The van der Waals surface area contributed by atoms with Crippen molar-refractivity contribution in [1.82, 2.24) is 24.0 Å². The third-order valence-corrected chi connectivity index (χ3v) is 7.02. The van der Waals surface area contributed by atoms with E-state index in [1.165, 1.54) is 5.52 Å². The fourth-order valence-electron chi connectivity index (χ4n) is 5.12. The van der Waals surface area contributed by atoms with Crippen LogP contribution in [-0.2, 0) is 20.1 Å². The number of rotatable bonds is 8. The van der Waals surface area contributed by atoms with Crippen molar-refractivity contribution in [2.45, 2.75) is 31.8 Å². The summed E-state index contributed by atoms with van der Waals surface area (Å²) < 4.78 is 21.0. The van der Waals surface area contributed by atoms with Gasteiger partial charge in [0, 0.05) is 31.9 Å². The zero-order valence-corrected chi connectivity index (χ0v) is 20.9. The van der Waals surface area contributed by atoms with E-state index >= 15 is 0 Å². The molecule has 1 fully saturated rings. The van der Waals surface area contributed by atoms with Crippen LogP contribution in [-0.4, -0.2) is 58.4 Å². The Hall–Kier alpha value is -3.52. The number of piperidine rings is 1. The van der Waals surface area contributed by atoms with Gasteiger partial charge >= 0.3 is 0 Å². The lowest BCUT2D eigenvalue weighted by Crippen LogP contribution is -2.34. The Labute approximate surface area is 206 Å². The molecule has 1 aliphatic heterocycles. The summed E-state index contributed by atoms with van der Waals surface area (Å²) in [6, 6.07) is 12.3. The Balaban J connectivity index is 1.26.